The van der Waals surface area contributed by atoms with Gasteiger partial charge >= 0.3 is 0 Å². The Bertz CT molecular complexity index is 316. The lowest BCUT2D eigenvalue weighted by Crippen LogP contribution is -2.51. The van der Waals surface area contributed by atoms with Crippen molar-refractivity contribution >= 4 is 0 Å². The van der Waals surface area contributed by atoms with Gasteiger partial charge in [0.05, 0.1) is 0 Å². The molecule has 0 nitrogen and oxygen atoms in total. The Morgan fingerprint density at radius 1 is 1.10 bits per heavy atom. The average molecular weight is 279 g/mol. The van der Waals surface area contributed by atoms with Gasteiger partial charge in [0.2, 0.25) is 0 Å². The summed E-state index contributed by atoms with van der Waals surface area (Å²) >= 11 is 0. The van der Waals surface area contributed by atoms with E-state index in [1.54, 1.807) is 0 Å². The monoisotopic (exact) mass is 278 g/mol. The molecule has 0 heterocycles. The van der Waals surface area contributed by atoms with Crippen molar-refractivity contribution < 1.29 is 0 Å². The zero-order valence-electron chi connectivity index (χ0n) is 15.0. The molecular formula is C20H38. The second kappa shape index (κ2) is 6.01. The van der Waals surface area contributed by atoms with Crippen molar-refractivity contribution in [1.29, 1.82) is 0 Å². The van der Waals surface area contributed by atoms with Crippen LogP contribution < -0.4 is 0 Å². The van der Waals surface area contributed by atoms with Crippen molar-refractivity contribution in [2.24, 2.45) is 34.5 Å². The van der Waals surface area contributed by atoms with Crippen LogP contribution in [0, 0.1) is 34.5 Å². The highest BCUT2D eigenvalue weighted by Gasteiger charge is 2.53. The predicted octanol–water partition coefficient (Wildman–Crippen LogP) is 6.69. The van der Waals surface area contributed by atoms with Gasteiger partial charge in [-0.2, -0.15) is 0 Å². The molecule has 118 valence electrons. The molecule has 0 bridgehead atoms. The maximum Gasteiger partial charge on any atom is -0.0262 e. The van der Waals surface area contributed by atoms with Crippen LogP contribution in [0.25, 0.3) is 0 Å². The number of rotatable bonds is 4. The Hall–Kier alpha value is 0. The molecule has 0 aromatic heterocycles. The quantitative estimate of drug-likeness (QED) is 0.537. The summed E-state index contributed by atoms with van der Waals surface area (Å²) in [5.74, 6) is 3.83. The van der Waals surface area contributed by atoms with Gasteiger partial charge < -0.3 is 0 Å². The molecule has 2 aliphatic rings. The SMILES string of the molecule is CC[C@@H](C)CCC1[C@@H](C)CCC2C(C)(C)CCC[C@@]12C. The zero-order chi connectivity index (χ0) is 15.0. The van der Waals surface area contributed by atoms with Gasteiger partial charge in [0.15, 0.2) is 0 Å². The summed E-state index contributed by atoms with van der Waals surface area (Å²) in [6.07, 6.45) is 11.7. The molecule has 0 N–H and O–H groups in total. The van der Waals surface area contributed by atoms with Crippen LogP contribution in [0.2, 0.25) is 0 Å². The van der Waals surface area contributed by atoms with Crippen LogP contribution in [0.4, 0.5) is 0 Å². The Morgan fingerprint density at radius 2 is 1.80 bits per heavy atom. The summed E-state index contributed by atoms with van der Waals surface area (Å²) in [6.45, 7) is 15.1. The topological polar surface area (TPSA) is 0 Å². The molecule has 2 rings (SSSR count). The highest BCUT2D eigenvalue weighted by atomic mass is 14.6. The molecule has 0 radical (unpaired) electrons. The maximum absolute atomic E-state index is 2.66. The molecule has 0 saturated heterocycles. The molecular weight excluding hydrogens is 240 g/mol. The molecule has 0 amide bonds. The molecule has 2 fully saturated rings. The molecule has 2 aliphatic carbocycles. The molecule has 2 saturated carbocycles. The fraction of sp³-hybridized carbons (Fsp3) is 1.00. The average Bonchev–Trinajstić information content (AvgIpc) is 2.36. The predicted molar refractivity (Wildman–Crippen MR) is 89.8 cm³/mol. The van der Waals surface area contributed by atoms with Crippen LogP contribution >= 0.6 is 0 Å². The first-order valence-electron chi connectivity index (χ1n) is 9.31. The first-order valence-corrected chi connectivity index (χ1v) is 9.31. The first kappa shape index (κ1) is 16.4. The largest absolute Gasteiger partial charge is 0.0651 e. The van der Waals surface area contributed by atoms with Gasteiger partial charge in [-0.25, -0.2) is 0 Å². The van der Waals surface area contributed by atoms with Gasteiger partial charge in [-0.1, -0.05) is 67.2 Å². The Labute approximate surface area is 128 Å². The molecule has 0 spiro atoms. The van der Waals surface area contributed by atoms with E-state index in [1.165, 1.54) is 51.4 Å². The van der Waals surface area contributed by atoms with E-state index >= 15 is 0 Å². The lowest BCUT2D eigenvalue weighted by molar-refractivity contribution is -0.0972. The maximum atomic E-state index is 2.66. The Balaban J connectivity index is 2.15. The van der Waals surface area contributed by atoms with Gasteiger partial charge in [-0.15, -0.1) is 0 Å². The van der Waals surface area contributed by atoms with Crippen molar-refractivity contribution in [2.45, 2.75) is 92.9 Å². The fourth-order valence-electron chi connectivity index (χ4n) is 5.89. The fourth-order valence-corrected chi connectivity index (χ4v) is 5.89. The number of fused-ring (bicyclic) bond motifs is 1. The van der Waals surface area contributed by atoms with E-state index in [9.17, 15) is 0 Å². The zero-order valence-corrected chi connectivity index (χ0v) is 15.0. The van der Waals surface area contributed by atoms with E-state index < -0.39 is 0 Å². The van der Waals surface area contributed by atoms with E-state index in [0.29, 0.717) is 10.8 Å². The van der Waals surface area contributed by atoms with Crippen LogP contribution in [0.5, 0.6) is 0 Å². The van der Waals surface area contributed by atoms with E-state index in [0.717, 1.165) is 23.7 Å². The minimum Gasteiger partial charge on any atom is -0.0651 e. The van der Waals surface area contributed by atoms with Gasteiger partial charge in [0.1, 0.15) is 0 Å². The molecule has 20 heavy (non-hydrogen) atoms. The van der Waals surface area contributed by atoms with Crippen LogP contribution in [0.1, 0.15) is 92.9 Å². The third kappa shape index (κ3) is 2.95. The highest BCUT2D eigenvalue weighted by Crippen LogP contribution is 2.62. The van der Waals surface area contributed by atoms with E-state index in [2.05, 4.69) is 41.5 Å². The van der Waals surface area contributed by atoms with Crippen molar-refractivity contribution in [3.05, 3.63) is 0 Å². The summed E-state index contributed by atoms with van der Waals surface area (Å²) in [5.41, 5.74) is 1.22. The van der Waals surface area contributed by atoms with Gasteiger partial charge in [-0.05, 0) is 60.2 Å². The van der Waals surface area contributed by atoms with Crippen LogP contribution in [-0.4, -0.2) is 0 Å². The van der Waals surface area contributed by atoms with Gasteiger partial charge in [0.25, 0.3) is 0 Å². The van der Waals surface area contributed by atoms with Crippen LogP contribution in [0.15, 0.2) is 0 Å². The minimum absolute atomic E-state index is 0.585. The van der Waals surface area contributed by atoms with Gasteiger partial charge in [-0.3, -0.25) is 0 Å². The molecule has 5 atom stereocenters. The standard InChI is InChI=1S/C20H38/c1-7-15(2)9-11-17-16(3)10-12-18-19(4,5)13-8-14-20(17,18)6/h15-18H,7-14H2,1-6H3/t15-,16+,17?,18?,20+/m1/s1. The minimum atomic E-state index is 0.585. The summed E-state index contributed by atoms with van der Waals surface area (Å²) in [7, 11) is 0. The summed E-state index contributed by atoms with van der Waals surface area (Å²) in [4.78, 5) is 0. The first-order chi connectivity index (χ1) is 9.31. The number of hydrogen-bond acceptors (Lipinski definition) is 0. The summed E-state index contributed by atoms with van der Waals surface area (Å²) in [5, 5.41) is 0. The van der Waals surface area contributed by atoms with E-state index in [1.807, 2.05) is 0 Å². The van der Waals surface area contributed by atoms with Crippen molar-refractivity contribution in [1.82, 2.24) is 0 Å². The second-order valence-corrected chi connectivity index (χ2v) is 9.15. The third-order valence-electron chi connectivity index (χ3n) is 7.39. The van der Waals surface area contributed by atoms with Crippen molar-refractivity contribution in [2.75, 3.05) is 0 Å². The Kier molecular flexibility index (Phi) is 4.92. The smallest absolute Gasteiger partial charge is 0.0262 e. The highest BCUT2D eigenvalue weighted by molar-refractivity contribution is 5.02. The van der Waals surface area contributed by atoms with Crippen molar-refractivity contribution in [3.8, 4) is 0 Å². The van der Waals surface area contributed by atoms with E-state index in [4.69, 9.17) is 0 Å². The lowest BCUT2D eigenvalue weighted by atomic mass is 9.46. The molecule has 0 aliphatic heterocycles. The second-order valence-electron chi connectivity index (χ2n) is 9.15. The van der Waals surface area contributed by atoms with Crippen LogP contribution in [0.3, 0.4) is 0 Å². The third-order valence-corrected chi connectivity index (χ3v) is 7.39. The Morgan fingerprint density at radius 3 is 2.45 bits per heavy atom. The molecule has 2 unspecified atom stereocenters. The van der Waals surface area contributed by atoms with Gasteiger partial charge in [0, 0.05) is 0 Å². The lowest BCUT2D eigenvalue weighted by Gasteiger charge is -2.59. The molecule has 0 aromatic carbocycles. The number of hydrogen-bond donors (Lipinski definition) is 0. The van der Waals surface area contributed by atoms with Crippen molar-refractivity contribution in [3.63, 3.8) is 0 Å². The van der Waals surface area contributed by atoms with E-state index in [-0.39, 0.29) is 0 Å². The molecule has 0 aromatic rings. The summed E-state index contributed by atoms with van der Waals surface area (Å²) in [6, 6.07) is 0. The normalized spacial score (nSPS) is 42.0. The molecule has 0 heteroatoms. The van der Waals surface area contributed by atoms with Crippen LogP contribution in [-0.2, 0) is 0 Å². The summed E-state index contributed by atoms with van der Waals surface area (Å²) < 4.78 is 0.